The fourth-order valence-electron chi connectivity index (χ4n) is 2.05. The van der Waals surface area contributed by atoms with Gasteiger partial charge in [-0.05, 0) is 35.9 Å². The molecule has 126 valence electrons. The summed E-state index contributed by atoms with van der Waals surface area (Å²) in [7, 11) is 0. The number of aromatic nitrogens is 4. The summed E-state index contributed by atoms with van der Waals surface area (Å²) in [5.41, 5.74) is -0.580. The number of thioether (sulfide) groups is 1. The molecule has 0 aliphatic carbocycles. The zero-order valence-corrected chi connectivity index (χ0v) is 12.8. The number of hydrogen-bond acceptors (Lipinski definition) is 6. The van der Waals surface area contributed by atoms with Crippen molar-refractivity contribution < 1.29 is 22.8 Å². The van der Waals surface area contributed by atoms with Crippen molar-refractivity contribution in [2.45, 2.75) is 18.6 Å². The van der Waals surface area contributed by atoms with E-state index in [0.29, 0.717) is 12.2 Å². The molecule has 1 aliphatic heterocycles. The van der Waals surface area contributed by atoms with Gasteiger partial charge in [0, 0.05) is 5.75 Å². The highest BCUT2D eigenvalue weighted by Crippen LogP contribution is 2.29. The van der Waals surface area contributed by atoms with E-state index in [4.69, 9.17) is 0 Å². The second-order valence-corrected chi connectivity index (χ2v) is 6.03. The van der Waals surface area contributed by atoms with Gasteiger partial charge in [-0.1, -0.05) is 11.8 Å². The lowest BCUT2D eigenvalue weighted by Gasteiger charge is -2.07. The molecular formula is C13H10F3N5O2S. The van der Waals surface area contributed by atoms with Crippen LogP contribution in [0.15, 0.2) is 24.3 Å². The molecule has 0 saturated carbocycles. The monoisotopic (exact) mass is 357 g/mol. The van der Waals surface area contributed by atoms with E-state index in [0.717, 1.165) is 28.7 Å². The summed E-state index contributed by atoms with van der Waals surface area (Å²) < 4.78 is 37.6. The van der Waals surface area contributed by atoms with Crippen LogP contribution in [0.25, 0.3) is 5.69 Å². The van der Waals surface area contributed by atoms with Crippen LogP contribution in [-0.4, -0.2) is 43.0 Å². The van der Waals surface area contributed by atoms with Gasteiger partial charge in [-0.15, -0.1) is 15.0 Å². The highest BCUT2D eigenvalue weighted by molar-refractivity contribution is 8.14. The smallest absolute Gasteiger partial charge is 0.338 e. The van der Waals surface area contributed by atoms with E-state index in [1.54, 1.807) is 0 Å². The number of carbonyl (C=O) groups is 2. The Morgan fingerprint density at radius 2 is 2.00 bits per heavy atom. The number of carbonyl (C=O) groups excluding carboxylic acids is 2. The summed E-state index contributed by atoms with van der Waals surface area (Å²) in [4.78, 5) is 24.4. The summed E-state index contributed by atoms with van der Waals surface area (Å²) in [6.45, 7) is 0. The average molecular weight is 357 g/mol. The number of halogens is 3. The van der Waals surface area contributed by atoms with Gasteiger partial charge in [0.2, 0.25) is 5.12 Å². The van der Waals surface area contributed by atoms with Crippen molar-refractivity contribution in [3.05, 3.63) is 35.7 Å². The van der Waals surface area contributed by atoms with Gasteiger partial charge in [0.15, 0.2) is 0 Å². The fourth-order valence-corrected chi connectivity index (χ4v) is 2.98. The molecule has 1 amide bonds. The molecule has 1 saturated heterocycles. The van der Waals surface area contributed by atoms with Crippen LogP contribution in [0.5, 0.6) is 0 Å². The topological polar surface area (TPSA) is 89.8 Å². The lowest BCUT2D eigenvalue weighted by Crippen LogP contribution is -2.37. The minimum atomic E-state index is -4.44. The number of rotatable bonds is 3. The molecule has 0 radical (unpaired) electrons. The molecule has 2 heterocycles. The molecule has 1 unspecified atom stereocenters. The molecule has 0 spiro atoms. The van der Waals surface area contributed by atoms with Crippen molar-refractivity contribution in [1.29, 1.82) is 0 Å². The summed E-state index contributed by atoms with van der Waals surface area (Å²) in [5, 5.41) is 13.4. The van der Waals surface area contributed by atoms with E-state index in [1.165, 1.54) is 12.1 Å². The third-order valence-corrected chi connectivity index (χ3v) is 4.29. The van der Waals surface area contributed by atoms with Crippen molar-refractivity contribution in [2.75, 3.05) is 5.75 Å². The maximum absolute atomic E-state index is 12.5. The Kier molecular flexibility index (Phi) is 4.26. The van der Waals surface area contributed by atoms with Gasteiger partial charge in [0.1, 0.15) is 0 Å². The number of tetrazole rings is 1. The first-order valence-corrected chi connectivity index (χ1v) is 7.78. The number of nitrogens with zero attached hydrogens (tertiary/aromatic N) is 4. The van der Waals surface area contributed by atoms with Crippen LogP contribution >= 0.6 is 11.8 Å². The molecule has 0 bridgehead atoms. The number of nitrogens with one attached hydrogen (secondary N) is 1. The van der Waals surface area contributed by atoms with E-state index >= 15 is 0 Å². The molecule has 1 aromatic heterocycles. The number of benzene rings is 1. The molecule has 2 aromatic rings. The van der Waals surface area contributed by atoms with Crippen molar-refractivity contribution >= 4 is 22.8 Å². The van der Waals surface area contributed by atoms with Gasteiger partial charge < -0.3 is 5.32 Å². The van der Waals surface area contributed by atoms with Gasteiger partial charge in [-0.25, -0.2) is 0 Å². The first-order valence-electron chi connectivity index (χ1n) is 6.80. The van der Waals surface area contributed by atoms with E-state index in [1.807, 2.05) is 0 Å². The van der Waals surface area contributed by atoms with Crippen LogP contribution in [-0.2, 0) is 11.0 Å². The minimum Gasteiger partial charge on any atom is -0.338 e. The zero-order chi connectivity index (χ0) is 17.3. The quantitative estimate of drug-likeness (QED) is 0.894. The summed E-state index contributed by atoms with van der Waals surface area (Å²) >= 11 is 1.14. The third-order valence-electron chi connectivity index (χ3n) is 3.28. The number of amides is 1. The molecule has 1 N–H and O–H groups in total. The lowest BCUT2D eigenvalue weighted by molar-refractivity contribution is -0.137. The van der Waals surface area contributed by atoms with Crippen LogP contribution < -0.4 is 5.32 Å². The van der Waals surface area contributed by atoms with Crippen molar-refractivity contribution in [2.24, 2.45) is 0 Å². The molecule has 1 atom stereocenters. The van der Waals surface area contributed by atoms with Gasteiger partial charge in [-0.2, -0.15) is 13.2 Å². The van der Waals surface area contributed by atoms with Gasteiger partial charge in [0.05, 0.1) is 17.3 Å². The van der Waals surface area contributed by atoms with E-state index in [9.17, 15) is 22.8 Å². The van der Waals surface area contributed by atoms with Crippen molar-refractivity contribution in [3.63, 3.8) is 0 Å². The van der Waals surface area contributed by atoms with Gasteiger partial charge in [-0.3, -0.25) is 9.59 Å². The van der Waals surface area contributed by atoms with Crippen LogP contribution in [0, 0.1) is 0 Å². The van der Waals surface area contributed by atoms with E-state index < -0.39 is 23.7 Å². The molecule has 1 fully saturated rings. The Hall–Kier alpha value is -2.43. The second kappa shape index (κ2) is 6.23. The van der Waals surface area contributed by atoms with Crippen LogP contribution in [0.4, 0.5) is 13.2 Å². The molecule has 3 rings (SSSR count). The molecule has 1 aliphatic rings. The number of alkyl halides is 3. The third kappa shape index (κ3) is 3.40. The zero-order valence-electron chi connectivity index (χ0n) is 11.9. The van der Waals surface area contributed by atoms with Crippen molar-refractivity contribution in [3.8, 4) is 5.69 Å². The summed E-state index contributed by atoms with van der Waals surface area (Å²) in [5.74, 6) is -0.288. The lowest BCUT2D eigenvalue weighted by atomic mass is 10.2. The fraction of sp³-hybridized carbons (Fsp3) is 0.308. The Labute approximate surface area is 137 Å². The standard InChI is InChI=1S/C13H10F3N5O2S/c14-13(15,16)7-1-3-8(4-2-7)21-19-10(18-20-21)11(22)17-9-5-6-24-12(9)23/h1-4,9H,5-6H2,(H,17,22). The Bertz CT molecular complexity index is 775. The summed E-state index contributed by atoms with van der Waals surface area (Å²) in [6, 6.07) is 3.52. The first kappa shape index (κ1) is 16.4. The molecule has 7 nitrogen and oxygen atoms in total. The minimum absolute atomic E-state index is 0.126. The Balaban J connectivity index is 1.73. The summed E-state index contributed by atoms with van der Waals surface area (Å²) in [6.07, 6.45) is -3.91. The van der Waals surface area contributed by atoms with E-state index in [-0.39, 0.29) is 16.6 Å². The highest BCUT2D eigenvalue weighted by atomic mass is 32.2. The largest absolute Gasteiger partial charge is 0.416 e. The Morgan fingerprint density at radius 3 is 2.58 bits per heavy atom. The first-order chi connectivity index (χ1) is 11.3. The van der Waals surface area contributed by atoms with Crippen LogP contribution in [0.1, 0.15) is 22.6 Å². The van der Waals surface area contributed by atoms with Gasteiger partial charge in [0.25, 0.3) is 11.7 Å². The SMILES string of the molecule is O=C(NC1CCSC1=O)c1nnn(-c2ccc(C(F)(F)F)cc2)n1. The molecule has 11 heteroatoms. The predicted molar refractivity (Wildman–Crippen MR) is 77.5 cm³/mol. The van der Waals surface area contributed by atoms with Gasteiger partial charge >= 0.3 is 6.18 Å². The second-order valence-electron chi connectivity index (χ2n) is 4.93. The molecule has 24 heavy (non-hydrogen) atoms. The van der Waals surface area contributed by atoms with Crippen LogP contribution in [0.2, 0.25) is 0 Å². The molecule has 1 aromatic carbocycles. The van der Waals surface area contributed by atoms with Crippen molar-refractivity contribution in [1.82, 2.24) is 25.5 Å². The normalized spacial score (nSPS) is 18.0. The molecular weight excluding hydrogens is 347 g/mol. The average Bonchev–Trinajstić information content (AvgIpc) is 3.16. The van der Waals surface area contributed by atoms with Crippen LogP contribution in [0.3, 0.4) is 0 Å². The Morgan fingerprint density at radius 1 is 1.29 bits per heavy atom. The predicted octanol–water partition coefficient (Wildman–Crippen LogP) is 1.44. The highest BCUT2D eigenvalue weighted by Gasteiger charge is 2.30. The number of hydrogen-bond donors (Lipinski definition) is 1. The maximum atomic E-state index is 12.5. The maximum Gasteiger partial charge on any atom is 0.416 e. The van der Waals surface area contributed by atoms with E-state index in [2.05, 4.69) is 20.7 Å².